The average Bonchev–Trinajstić information content (AvgIpc) is 2.92. The third-order valence-corrected chi connectivity index (χ3v) is 4.73. The lowest BCUT2D eigenvalue weighted by molar-refractivity contribution is -0.339. The third-order valence-electron chi connectivity index (χ3n) is 4.73. The molecule has 3 rings (SSSR count). The van der Waals surface area contributed by atoms with E-state index in [0.29, 0.717) is 5.57 Å². The molecule has 0 spiro atoms. The fourth-order valence-electron chi connectivity index (χ4n) is 3.38. The number of aliphatic hydroxyl groups is 6. The van der Waals surface area contributed by atoms with Crippen molar-refractivity contribution in [1.82, 2.24) is 0 Å². The number of aliphatic hydroxyl groups excluding tert-OH is 6. The van der Waals surface area contributed by atoms with Crippen molar-refractivity contribution in [1.29, 1.82) is 0 Å². The topological polar surface area (TPSA) is 149 Å². The molecule has 9 nitrogen and oxygen atoms in total. The number of fused-ring (bicyclic) bond motifs is 1. The van der Waals surface area contributed by atoms with Crippen LogP contribution in [-0.4, -0.2) is 87.0 Å². The van der Waals surface area contributed by atoms with Gasteiger partial charge in [0.05, 0.1) is 31.5 Å². The molecule has 1 fully saturated rings. The lowest BCUT2D eigenvalue weighted by Gasteiger charge is -2.42. The Labute approximate surface area is 138 Å². The molecule has 9 atom stereocenters. The molecule has 6 N–H and O–H groups in total. The van der Waals surface area contributed by atoms with Crippen molar-refractivity contribution < 1.29 is 44.8 Å². The summed E-state index contributed by atoms with van der Waals surface area (Å²) in [6.07, 6.45) is -4.27. The van der Waals surface area contributed by atoms with Crippen molar-refractivity contribution in [2.24, 2.45) is 11.8 Å². The highest BCUT2D eigenvalue weighted by molar-refractivity contribution is 5.25. The minimum atomic E-state index is -1.56. The number of ether oxygens (including phenoxy) is 3. The standard InChI is InChI=1S/C15H22O9/c16-4-6-3-8(18)7-1-2-22-14(10(6)7)24-15-13(21)12(20)11(19)9(5-17)23-15/h1-3,7-21H,4-5H2/t7-,8-,9-,10-,11+,12+,13-,14+,15+/m1/s1. The van der Waals surface area contributed by atoms with E-state index in [1.807, 2.05) is 0 Å². The molecular formula is C15H22O9. The Balaban J connectivity index is 1.75. The molecule has 136 valence electrons. The van der Waals surface area contributed by atoms with E-state index in [1.165, 1.54) is 12.3 Å². The van der Waals surface area contributed by atoms with Gasteiger partial charge in [0.1, 0.15) is 24.4 Å². The highest BCUT2D eigenvalue weighted by Gasteiger charge is 2.49. The van der Waals surface area contributed by atoms with E-state index in [0.717, 1.165) is 0 Å². The summed E-state index contributed by atoms with van der Waals surface area (Å²) in [5.74, 6) is -0.835. The molecular weight excluding hydrogens is 324 g/mol. The summed E-state index contributed by atoms with van der Waals surface area (Å²) >= 11 is 0. The summed E-state index contributed by atoms with van der Waals surface area (Å²) in [4.78, 5) is 0. The lowest BCUT2D eigenvalue weighted by Crippen LogP contribution is -2.60. The second kappa shape index (κ2) is 7.06. The molecule has 9 heteroatoms. The number of hydrogen-bond acceptors (Lipinski definition) is 9. The normalized spacial score (nSPS) is 47.9. The van der Waals surface area contributed by atoms with Crippen molar-refractivity contribution >= 4 is 0 Å². The first-order chi connectivity index (χ1) is 11.5. The lowest BCUT2D eigenvalue weighted by atomic mass is 9.88. The van der Waals surface area contributed by atoms with Gasteiger partial charge >= 0.3 is 0 Å². The molecule has 24 heavy (non-hydrogen) atoms. The van der Waals surface area contributed by atoms with Crippen molar-refractivity contribution in [3.05, 3.63) is 24.0 Å². The smallest absolute Gasteiger partial charge is 0.209 e. The van der Waals surface area contributed by atoms with Gasteiger partial charge in [-0.15, -0.1) is 0 Å². The maximum absolute atomic E-state index is 10.0. The SMILES string of the molecule is OCC1=C[C@@H](O)[C@H]2C=CO[C@@H](O[C@@H]3O[C@H](CO)[C@H](O)[C@H](O)[C@H]3O)[C@H]12. The first kappa shape index (κ1) is 17.8. The van der Waals surface area contributed by atoms with Crippen molar-refractivity contribution in [2.75, 3.05) is 13.2 Å². The summed E-state index contributed by atoms with van der Waals surface area (Å²) in [6, 6.07) is 0. The van der Waals surface area contributed by atoms with E-state index in [2.05, 4.69) is 0 Å². The Bertz CT molecular complexity index is 505. The fraction of sp³-hybridized carbons (Fsp3) is 0.733. The van der Waals surface area contributed by atoms with Crippen LogP contribution in [0.2, 0.25) is 0 Å². The van der Waals surface area contributed by atoms with Crippen LogP contribution in [-0.2, 0) is 14.2 Å². The molecule has 0 unspecified atom stereocenters. The maximum atomic E-state index is 10.0. The largest absolute Gasteiger partial charge is 0.472 e. The zero-order chi connectivity index (χ0) is 17.4. The third kappa shape index (κ3) is 2.98. The van der Waals surface area contributed by atoms with Crippen molar-refractivity contribution in [3.63, 3.8) is 0 Å². The predicted molar refractivity (Wildman–Crippen MR) is 77.0 cm³/mol. The Kier molecular flexibility index (Phi) is 5.23. The first-order valence-electron chi connectivity index (χ1n) is 7.75. The predicted octanol–water partition coefficient (Wildman–Crippen LogP) is -2.80. The van der Waals surface area contributed by atoms with E-state index < -0.39 is 55.6 Å². The monoisotopic (exact) mass is 346 g/mol. The molecule has 0 amide bonds. The van der Waals surface area contributed by atoms with Crippen LogP contribution >= 0.6 is 0 Å². The molecule has 0 aromatic carbocycles. The molecule has 2 heterocycles. The fourth-order valence-corrected chi connectivity index (χ4v) is 3.38. The van der Waals surface area contributed by atoms with Crippen LogP contribution in [0.5, 0.6) is 0 Å². The van der Waals surface area contributed by atoms with E-state index >= 15 is 0 Å². The van der Waals surface area contributed by atoms with Crippen LogP contribution in [0.4, 0.5) is 0 Å². The van der Waals surface area contributed by atoms with Gasteiger partial charge in [-0.05, 0) is 11.6 Å². The van der Waals surface area contributed by atoms with Crippen LogP contribution in [0, 0.1) is 11.8 Å². The molecule has 1 saturated heterocycles. The average molecular weight is 346 g/mol. The van der Waals surface area contributed by atoms with Gasteiger partial charge < -0.3 is 44.8 Å². The summed E-state index contributed by atoms with van der Waals surface area (Å²) in [5, 5.41) is 58.3. The Morgan fingerprint density at radius 3 is 2.42 bits per heavy atom. The van der Waals surface area contributed by atoms with Gasteiger partial charge in [-0.2, -0.15) is 0 Å². The number of hydrogen-bond donors (Lipinski definition) is 6. The van der Waals surface area contributed by atoms with Gasteiger partial charge in [-0.25, -0.2) is 0 Å². The van der Waals surface area contributed by atoms with Gasteiger partial charge in [0.2, 0.25) is 6.29 Å². The molecule has 0 aromatic heterocycles. The van der Waals surface area contributed by atoms with E-state index in [9.17, 15) is 30.6 Å². The molecule has 0 saturated carbocycles. The summed E-state index contributed by atoms with van der Waals surface area (Å²) < 4.78 is 16.3. The van der Waals surface area contributed by atoms with Crippen LogP contribution < -0.4 is 0 Å². The minimum absolute atomic E-state index is 0.288. The summed E-state index contributed by atoms with van der Waals surface area (Å²) in [7, 11) is 0. The Morgan fingerprint density at radius 1 is 1.00 bits per heavy atom. The Morgan fingerprint density at radius 2 is 1.75 bits per heavy atom. The zero-order valence-corrected chi connectivity index (χ0v) is 12.8. The quantitative estimate of drug-likeness (QED) is 0.297. The zero-order valence-electron chi connectivity index (χ0n) is 12.8. The van der Waals surface area contributed by atoms with E-state index in [1.54, 1.807) is 6.08 Å². The van der Waals surface area contributed by atoms with Crippen LogP contribution in [0.3, 0.4) is 0 Å². The highest BCUT2D eigenvalue weighted by Crippen LogP contribution is 2.40. The van der Waals surface area contributed by atoms with Crippen LogP contribution in [0.1, 0.15) is 0 Å². The van der Waals surface area contributed by atoms with Crippen LogP contribution in [0.25, 0.3) is 0 Å². The van der Waals surface area contributed by atoms with Gasteiger partial charge in [-0.3, -0.25) is 0 Å². The summed E-state index contributed by atoms with van der Waals surface area (Å²) in [6.45, 7) is -0.854. The molecule has 0 radical (unpaired) electrons. The van der Waals surface area contributed by atoms with Crippen LogP contribution in [0.15, 0.2) is 24.0 Å². The maximum Gasteiger partial charge on any atom is 0.209 e. The number of rotatable bonds is 4. The van der Waals surface area contributed by atoms with Gasteiger partial charge in [0.25, 0.3) is 0 Å². The molecule has 2 aliphatic heterocycles. The molecule has 3 aliphatic rings. The highest BCUT2D eigenvalue weighted by atomic mass is 16.8. The van der Waals surface area contributed by atoms with E-state index in [4.69, 9.17) is 14.2 Å². The molecule has 0 bridgehead atoms. The Hall–Kier alpha value is -1.04. The molecule has 0 aromatic rings. The minimum Gasteiger partial charge on any atom is -0.472 e. The molecule has 1 aliphatic carbocycles. The van der Waals surface area contributed by atoms with Gasteiger partial charge in [-0.1, -0.05) is 6.08 Å². The van der Waals surface area contributed by atoms with Gasteiger partial charge in [0.15, 0.2) is 6.29 Å². The van der Waals surface area contributed by atoms with Gasteiger partial charge in [0, 0.05) is 5.92 Å². The van der Waals surface area contributed by atoms with E-state index in [-0.39, 0.29) is 12.5 Å². The first-order valence-corrected chi connectivity index (χ1v) is 7.75. The van der Waals surface area contributed by atoms with Crippen molar-refractivity contribution in [2.45, 2.75) is 43.1 Å². The second-order valence-corrected chi connectivity index (χ2v) is 6.16. The van der Waals surface area contributed by atoms with Crippen molar-refractivity contribution in [3.8, 4) is 0 Å². The summed E-state index contributed by atoms with van der Waals surface area (Å²) in [5.41, 5.74) is 0.534. The second-order valence-electron chi connectivity index (χ2n) is 6.16.